The second-order valence-corrected chi connectivity index (χ2v) is 5.67. The third-order valence-corrected chi connectivity index (χ3v) is 4.42. The maximum atomic E-state index is 12.5. The highest BCUT2D eigenvalue weighted by molar-refractivity contribution is 5.85. The highest BCUT2D eigenvalue weighted by Gasteiger charge is 2.32. The molecule has 0 aliphatic carbocycles. The van der Waals surface area contributed by atoms with E-state index in [0.717, 1.165) is 31.6 Å². The zero-order chi connectivity index (χ0) is 13.4. The summed E-state index contributed by atoms with van der Waals surface area (Å²) in [4.78, 5) is 14.4. The van der Waals surface area contributed by atoms with Gasteiger partial charge in [-0.15, -0.1) is 12.4 Å². The van der Waals surface area contributed by atoms with Crippen LogP contribution in [-0.4, -0.2) is 35.5 Å². The number of phenolic OH excluding ortho intramolecular Hbond substituents is 1. The molecule has 0 bridgehead atoms. The molecular weight excluding hydrogens is 276 g/mol. The Kier molecular flexibility index (Phi) is 4.55. The molecule has 1 aromatic rings. The first-order valence-corrected chi connectivity index (χ1v) is 6.95. The van der Waals surface area contributed by atoms with Crippen LogP contribution in [0.4, 0.5) is 0 Å². The average molecular weight is 297 g/mol. The van der Waals surface area contributed by atoms with E-state index in [9.17, 15) is 9.90 Å². The highest BCUT2D eigenvalue weighted by Crippen LogP contribution is 2.26. The first-order chi connectivity index (χ1) is 9.15. The van der Waals surface area contributed by atoms with Crippen molar-refractivity contribution >= 4 is 18.3 Å². The maximum Gasteiger partial charge on any atom is 0.226 e. The lowest BCUT2D eigenvalue weighted by Gasteiger charge is -2.36. The summed E-state index contributed by atoms with van der Waals surface area (Å²) in [5, 5.41) is 12.8. The van der Waals surface area contributed by atoms with Crippen LogP contribution < -0.4 is 5.32 Å². The molecule has 20 heavy (non-hydrogen) atoms. The SMILES string of the molecule is CC(C(=O)N1CCc2ccc(O)cc2C1)C1CNC1.Cl. The molecule has 1 atom stereocenters. The van der Waals surface area contributed by atoms with Crippen molar-refractivity contribution < 1.29 is 9.90 Å². The monoisotopic (exact) mass is 296 g/mol. The van der Waals surface area contributed by atoms with Crippen LogP contribution in [0.2, 0.25) is 0 Å². The molecule has 2 N–H and O–H groups in total. The van der Waals surface area contributed by atoms with Gasteiger partial charge in [0.15, 0.2) is 0 Å². The number of carbonyl (C=O) groups is 1. The minimum atomic E-state index is 0. The normalized spacial score (nSPS) is 19.6. The van der Waals surface area contributed by atoms with Gasteiger partial charge in [0, 0.05) is 19.0 Å². The van der Waals surface area contributed by atoms with Gasteiger partial charge >= 0.3 is 0 Å². The fourth-order valence-electron chi connectivity index (χ4n) is 2.89. The minimum Gasteiger partial charge on any atom is -0.508 e. The number of nitrogens with zero attached hydrogens (tertiary/aromatic N) is 1. The fraction of sp³-hybridized carbons (Fsp3) is 0.533. The number of halogens is 1. The van der Waals surface area contributed by atoms with Gasteiger partial charge < -0.3 is 15.3 Å². The standard InChI is InChI=1S/C15H20N2O2.ClH/c1-10(13-7-16-8-13)15(19)17-5-4-11-2-3-14(18)6-12(11)9-17;/h2-3,6,10,13,16,18H,4-5,7-9H2,1H3;1H. The fourth-order valence-corrected chi connectivity index (χ4v) is 2.89. The summed E-state index contributed by atoms with van der Waals surface area (Å²) < 4.78 is 0. The summed E-state index contributed by atoms with van der Waals surface area (Å²) in [6.45, 7) is 5.37. The van der Waals surface area contributed by atoms with E-state index >= 15 is 0 Å². The van der Waals surface area contributed by atoms with Crippen LogP contribution in [0, 0.1) is 11.8 Å². The zero-order valence-corrected chi connectivity index (χ0v) is 12.4. The summed E-state index contributed by atoms with van der Waals surface area (Å²) in [5.74, 6) is 1.11. The van der Waals surface area contributed by atoms with E-state index < -0.39 is 0 Å². The molecular formula is C15H21ClN2O2. The molecule has 1 unspecified atom stereocenters. The number of hydrogen-bond acceptors (Lipinski definition) is 3. The topological polar surface area (TPSA) is 52.6 Å². The number of amides is 1. The Balaban J connectivity index is 0.00000147. The predicted molar refractivity (Wildman–Crippen MR) is 80.0 cm³/mol. The van der Waals surface area contributed by atoms with Crippen molar-refractivity contribution in [1.82, 2.24) is 10.2 Å². The molecule has 3 rings (SSSR count). The number of nitrogens with one attached hydrogen (secondary N) is 1. The molecule has 5 heteroatoms. The lowest BCUT2D eigenvalue weighted by Crippen LogP contribution is -2.51. The molecule has 1 saturated heterocycles. The van der Waals surface area contributed by atoms with Crippen LogP contribution in [0.5, 0.6) is 5.75 Å². The number of carbonyl (C=O) groups excluding carboxylic acids is 1. The number of rotatable bonds is 2. The third kappa shape index (κ3) is 2.76. The zero-order valence-electron chi connectivity index (χ0n) is 11.6. The van der Waals surface area contributed by atoms with Crippen molar-refractivity contribution in [1.29, 1.82) is 0 Å². The summed E-state index contributed by atoms with van der Waals surface area (Å²) in [6.07, 6.45) is 0.886. The van der Waals surface area contributed by atoms with Crippen molar-refractivity contribution in [3.63, 3.8) is 0 Å². The second-order valence-electron chi connectivity index (χ2n) is 5.67. The molecule has 1 amide bonds. The Labute approximate surface area is 125 Å². The summed E-state index contributed by atoms with van der Waals surface area (Å²) in [7, 11) is 0. The van der Waals surface area contributed by atoms with Crippen LogP contribution in [-0.2, 0) is 17.8 Å². The maximum absolute atomic E-state index is 12.5. The van der Waals surface area contributed by atoms with Crippen molar-refractivity contribution in [3.8, 4) is 5.75 Å². The first-order valence-electron chi connectivity index (χ1n) is 6.95. The van der Waals surface area contributed by atoms with E-state index in [1.807, 2.05) is 17.9 Å². The van der Waals surface area contributed by atoms with Crippen LogP contribution in [0.1, 0.15) is 18.1 Å². The second kappa shape index (κ2) is 6.02. The average Bonchev–Trinajstić information content (AvgIpc) is 2.34. The Hall–Kier alpha value is -1.26. The summed E-state index contributed by atoms with van der Waals surface area (Å²) in [5.41, 5.74) is 2.33. The smallest absolute Gasteiger partial charge is 0.226 e. The van der Waals surface area contributed by atoms with Crippen molar-refractivity contribution in [2.75, 3.05) is 19.6 Å². The van der Waals surface area contributed by atoms with Crippen LogP contribution in [0.25, 0.3) is 0 Å². The van der Waals surface area contributed by atoms with Crippen molar-refractivity contribution in [3.05, 3.63) is 29.3 Å². The summed E-state index contributed by atoms with van der Waals surface area (Å²) in [6, 6.07) is 5.47. The Bertz CT molecular complexity index is 503. The van der Waals surface area contributed by atoms with Gasteiger partial charge in [-0.05, 0) is 48.7 Å². The van der Waals surface area contributed by atoms with E-state index in [-0.39, 0.29) is 30.0 Å². The molecule has 0 saturated carbocycles. The molecule has 2 aliphatic heterocycles. The van der Waals surface area contributed by atoms with Gasteiger partial charge in [-0.25, -0.2) is 0 Å². The third-order valence-electron chi connectivity index (χ3n) is 4.42. The van der Waals surface area contributed by atoms with Crippen molar-refractivity contribution in [2.24, 2.45) is 11.8 Å². The molecule has 1 fully saturated rings. The molecule has 0 spiro atoms. The van der Waals surface area contributed by atoms with Gasteiger partial charge in [-0.3, -0.25) is 4.79 Å². The first kappa shape index (κ1) is 15.1. The van der Waals surface area contributed by atoms with Gasteiger partial charge in [-0.2, -0.15) is 0 Å². The van der Waals surface area contributed by atoms with Gasteiger partial charge in [0.25, 0.3) is 0 Å². The number of benzene rings is 1. The van der Waals surface area contributed by atoms with Crippen LogP contribution in [0.3, 0.4) is 0 Å². The minimum absolute atomic E-state index is 0. The Morgan fingerprint density at radius 1 is 1.40 bits per heavy atom. The van der Waals surface area contributed by atoms with Crippen LogP contribution in [0.15, 0.2) is 18.2 Å². The molecule has 0 radical (unpaired) electrons. The molecule has 2 heterocycles. The highest BCUT2D eigenvalue weighted by atomic mass is 35.5. The van der Waals surface area contributed by atoms with E-state index in [2.05, 4.69) is 5.32 Å². The Morgan fingerprint density at radius 2 is 2.15 bits per heavy atom. The Morgan fingerprint density at radius 3 is 2.80 bits per heavy atom. The largest absolute Gasteiger partial charge is 0.508 e. The number of aromatic hydroxyl groups is 1. The number of hydrogen-bond donors (Lipinski definition) is 2. The molecule has 0 aromatic heterocycles. The van der Waals surface area contributed by atoms with Gasteiger partial charge in [0.1, 0.15) is 5.75 Å². The van der Waals surface area contributed by atoms with E-state index in [0.29, 0.717) is 12.5 Å². The molecule has 1 aromatic carbocycles. The van der Waals surface area contributed by atoms with Gasteiger partial charge in [-0.1, -0.05) is 13.0 Å². The molecule has 4 nitrogen and oxygen atoms in total. The predicted octanol–water partition coefficient (Wildman–Crippen LogP) is 1.55. The van der Waals surface area contributed by atoms with E-state index in [1.54, 1.807) is 12.1 Å². The lowest BCUT2D eigenvalue weighted by atomic mass is 9.87. The quantitative estimate of drug-likeness (QED) is 0.871. The number of fused-ring (bicyclic) bond motifs is 1. The van der Waals surface area contributed by atoms with Gasteiger partial charge in [0.2, 0.25) is 5.91 Å². The summed E-state index contributed by atoms with van der Waals surface area (Å²) >= 11 is 0. The molecule has 2 aliphatic rings. The lowest BCUT2D eigenvalue weighted by molar-refractivity contribution is -0.138. The molecule has 110 valence electrons. The number of phenols is 1. The van der Waals surface area contributed by atoms with Crippen LogP contribution >= 0.6 is 12.4 Å². The van der Waals surface area contributed by atoms with Crippen molar-refractivity contribution in [2.45, 2.75) is 19.9 Å². The van der Waals surface area contributed by atoms with E-state index in [1.165, 1.54) is 5.56 Å². The van der Waals surface area contributed by atoms with Gasteiger partial charge in [0.05, 0.1) is 0 Å². The van der Waals surface area contributed by atoms with E-state index in [4.69, 9.17) is 0 Å².